The van der Waals surface area contributed by atoms with Crippen molar-refractivity contribution in [3.05, 3.63) is 51.4 Å². The largest absolute Gasteiger partial charge is 0.481 e. The van der Waals surface area contributed by atoms with E-state index in [0.29, 0.717) is 6.42 Å². The molecule has 0 bridgehead atoms. The van der Waals surface area contributed by atoms with Crippen LogP contribution in [-0.4, -0.2) is 25.6 Å². The standard InChI is InChI=1S/C23H28BrN3O2/c1-13(2)20-26-19-14(3)18(24)15(4)25-21(19)27(20)17-9-7-16(8-10-17)11-12-23(5,6)22(28)29/h7-10,13H,11-12H2,1-6H3,(H,28,29). The summed E-state index contributed by atoms with van der Waals surface area (Å²) in [7, 11) is 0. The van der Waals surface area contributed by atoms with E-state index in [4.69, 9.17) is 9.97 Å². The van der Waals surface area contributed by atoms with Crippen LogP contribution in [0.15, 0.2) is 28.7 Å². The summed E-state index contributed by atoms with van der Waals surface area (Å²) in [6.45, 7) is 11.9. The number of carboxylic acids is 1. The summed E-state index contributed by atoms with van der Waals surface area (Å²) in [6, 6.07) is 8.29. The van der Waals surface area contributed by atoms with E-state index in [1.807, 2.05) is 6.92 Å². The van der Waals surface area contributed by atoms with E-state index in [-0.39, 0.29) is 5.92 Å². The highest BCUT2D eigenvalue weighted by molar-refractivity contribution is 9.10. The second-order valence-electron chi connectivity index (χ2n) is 8.62. The van der Waals surface area contributed by atoms with Gasteiger partial charge in [0.1, 0.15) is 11.3 Å². The molecule has 0 atom stereocenters. The average molecular weight is 458 g/mol. The Hall–Kier alpha value is -2.21. The third kappa shape index (κ3) is 4.08. The smallest absolute Gasteiger partial charge is 0.309 e. The number of carboxylic acid groups (broad SMARTS) is 1. The number of carbonyl (C=O) groups is 1. The van der Waals surface area contributed by atoms with Crippen molar-refractivity contribution >= 4 is 33.1 Å². The summed E-state index contributed by atoms with van der Waals surface area (Å²) in [5.41, 5.74) is 5.24. The molecule has 154 valence electrons. The summed E-state index contributed by atoms with van der Waals surface area (Å²) < 4.78 is 3.14. The zero-order valence-electron chi connectivity index (χ0n) is 17.9. The minimum atomic E-state index is -0.761. The number of halogens is 1. The Bertz CT molecular complexity index is 1070. The highest BCUT2D eigenvalue weighted by Gasteiger charge is 2.26. The number of hydrogen-bond donors (Lipinski definition) is 1. The van der Waals surface area contributed by atoms with Gasteiger partial charge in [0.2, 0.25) is 0 Å². The highest BCUT2D eigenvalue weighted by atomic mass is 79.9. The lowest BCUT2D eigenvalue weighted by molar-refractivity contribution is -0.147. The molecule has 3 rings (SSSR count). The molecule has 29 heavy (non-hydrogen) atoms. The van der Waals surface area contributed by atoms with Gasteiger partial charge in [-0.15, -0.1) is 0 Å². The molecule has 3 aromatic rings. The van der Waals surface area contributed by atoms with Crippen molar-refractivity contribution in [1.82, 2.24) is 14.5 Å². The lowest BCUT2D eigenvalue weighted by Crippen LogP contribution is -2.24. The normalized spacial score (nSPS) is 12.1. The van der Waals surface area contributed by atoms with Gasteiger partial charge < -0.3 is 5.11 Å². The van der Waals surface area contributed by atoms with E-state index in [1.54, 1.807) is 13.8 Å². The Labute approximate surface area is 180 Å². The van der Waals surface area contributed by atoms with Crippen LogP contribution in [0.3, 0.4) is 0 Å². The first-order valence-corrected chi connectivity index (χ1v) is 10.7. The predicted molar refractivity (Wildman–Crippen MR) is 120 cm³/mol. The van der Waals surface area contributed by atoms with Crippen molar-refractivity contribution in [3.63, 3.8) is 0 Å². The van der Waals surface area contributed by atoms with E-state index >= 15 is 0 Å². The maximum Gasteiger partial charge on any atom is 0.309 e. The number of aryl methyl sites for hydroxylation is 3. The number of rotatable bonds is 6. The number of hydrogen-bond acceptors (Lipinski definition) is 3. The number of aliphatic carboxylic acids is 1. The molecule has 0 saturated heterocycles. The van der Waals surface area contributed by atoms with E-state index < -0.39 is 11.4 Å². The number of fused-ring (bicyclic) bond motifs is 1. The van der Waals surface area contributed by atoms with Crippen molar-refractivity contribution in [1.29, 1.82) is 0 Å². The maximum absolute atomic E-state index is 11.3. The molecule has 2 aromatic heterocycles. The molecule has 1 N–H and O–H groups in total. The fourth-order valence-electron chi connectivity index (χ4n) is 3.38. The molecule has 2 heterocycles. The van der Waals surface area contributed by atoms with Gasteiger partial charge in [0.05, 0.1) is 11.1 Å². The number of nitrogens with zero attached hydrogens (tertiary/aromatic N) is 3. The number of imidazole rings is 1. The van der Waals surface area contributed by atoms with Gasteiger partial charge in [0.25, 0.3) is 0 Å². The number of aromatic nitrogens is 3. The Morgan fingerprint density at radius 3 is 2.34 bits per heavy atom. The van der Waals surface area contributed by atoms with Crippen molar-refractivity contribution in [2.75, 3.05) is 0 Å². The first kappa shape index (κ1) is 21.5. The van der Waals surface area contributed by atoms with Gasteiger partial charge in [-0.05, 0) is 79.7 Å². The molecule has 5 nitrogen and oxygen atoms in total. The van der Waals surface area contributed by atoms with Crippen molar-refractivity contribution < 1.29 is 9.90 Å². The van der Waals surface area contributed by atoms with Gasteiger partial charge in [0.15, 0.2) is 5.65 Å². The fraction of sp³-hybridized carbons (Fsp3) is 0.435. The van der Waals surface area contributed by atoms with Crippen LogP contribution in [0.2, 0.25) is 0 Å². The van der Waals surface area contributed by atoms with Gasteiger partial charge in [-0.25, -0.2) is 9.97 Å². The molecule has 0 aliphatic rings. The van der Waals surface area contributed by atoms with E-state index in [9.17, 15) is 9.90 Å². The first-order valence-electron chi connectivity index (χ1n) is 9.90. The zero-order valence-corrected chi connectivity index (χ0v) is 19.5. The first-order chi connectivity index (χ1) is 13.5. The molecule has 1 aromatic carbocycles. The maximum atomic E-state index is 11.3. The topological polar surface area (TPSA) is 68.0 Å². The molecule has 0 unspecified atom stereocenters. The average Bonchev–Trinajstić information content (AvgIpc) is 3.04. The molecular formula is C23H28BrN3O2. The molecule has 6 heteroatoms. The number of pyridine rings is 1. The van der Waals surface area contributed by atoms with Crippen LogP contribution in [0, 0.1) is 19.3 Å². The highest BCUT2D eigenvalue weighted by Crippen LogP contribution is 2.31. The van der Waals surface area contributed by atoms with Gasteiger partial charge in [0, 0.05) is 16.1 Å². The summed E-state index contributed by atoms with van der Waals surface area (Å²) >= 11 is 3.63. The third-order valence-electron chi connectivity index (χ3n) is 5.48. The van der Waals surface area contributed by atoms with Gasteiger partial charge in [-0.3, -0.25) is 9.36 Å². The second kappa shape index (κ2) is 7.90. The Morgan fingerprint density at radius 2 is 1.79 bits per heavy atom. The second-order valence-corrected chi connectivity index (χ2v) is 9.42. The third-order valence-corrected chi connectivity index (χ3v) is 6.65. The monoisotopic (exact) mass is 457 g/mol. The quantitative estimate of drug-likeness (QED) is 0.495. The van der Waals surface area contributed by atoms with Crippen LogP contribution in [0.4, 0.5) is 0 Å². The minimum absolute atomic E-state index is 0.249. The van der Waals surface area contributed by atoms with Crippen LogP contribution in [0.5, 0.6) is 0 Å². The summed E-state index contributed by atoms with van der Waals surface area (Å²) in [4.78, 5) is 21.1. The van der Waals surface area contributed by atoms with Crippen LogP contribution in [0.25, 0.3) is 16.9 Å². The molecule has 0 aliphatic carbocycles. The van der Waals surface area contributed by atoms with E-state index in [1.165, 1.54) is 0 Å². The lowest BCUT2D eigenvalue weighted by atomic mass is 9.86. The zero-order chi connectivity index (χ0) is 21.5. The number of benzene rings is 1. The van der Waals surface area contributed by atoms with Crippen LogP contribution < -0.4 is 0 Å². The van der Waals surface area contributed by atoms with Crippen molar-refractivity contribution in [3.8, 4) is 5.69 Å². The molecule has 0 fully saturated rings. The molecule has 0 radical (unpaired) electrons. The molecule has 0 amide bonds. The Balaban J connectivity index is 2.02. The minimum Gasteiger partial charge on any atom is -0.481 e. The molecule has 0 aliphatic heterocycles. The lowest BCUT2D eigenvalue weighted by Gasteiger charge is -2.19. The molecule has 0 saturated carbocycles. The van der Waals surface area contributed by atoms with Crippen molar-refractivity contribution in [2.24, 2.45) is 5.41 Å². The molecular weight excluding hydrogens is 430 g/mol. The Morgan fingerprint density at radius 1 is 1.17 bits per heavy atom. The summed E-state index contributed by atoms with van der Waals surface area (Å²) in [6.07, 6.45) is 1.33. The van der Waals surface area contributed by atoms with Crippen LogP contribution >= 0.6 is 15.9 Å². The van der Waals surface area contributed by atoms with Gasteiger partial charge in [-0.2, -0.15) is 0 Å². The van der Waals surface area contributed by atoms with E-state index in [0.717, 1.165) is 50.4 Å². The predicted octanol–water partition coefficient (Wildman–Crippen LogP) is 5.97. The fourth-order valence-corrected chi connectivity index (χ4v) is 3.66. The van der Waals surface area contributed by atoms with Gasteiger partial charge >= 0.3 is 5.97 Å². The molecule has 0 spiro atoms. The Kier molecular flexibility index (Phi) is 5.86. The van der Waals surface area contributed by atoms with Crippen LogP contribution in [-0.2, 0) is 11.2 Å². The summed E-state index contributed by atoms with van der Waals surface area (Å²) in [5.74, 6) is 0.468. The van der Waals surface area contributed by atoms with Gasteiger partial charge in [-0.1, -0.05) is 26.0 Å². The van der Waals surface area contributed by atoms with E-state index in [2.05, 4.69) is 65.5 Å². The van der Waals surface area contributed by atoms with Crippen LogP contribution in [0.1, 0.15) is 62.7 Å². The van der Waals surface area contributed by atoms with Crippen molar-refractivity contribution in [2.45, 2.75) is 60.3 Å². The summed E-state index contributed by atoms with van der Waals surface area (Å²) in [5, 5.41) is 9.32. The SMILES string of the molecule is Cc1nc2c(nc(C(C)C)n2-c2ccc(CCC(C)(C)C(=O)O)cc2)c(C)c1Br.